The van der Waals surface area contributed by atoms with Gasteiger partial charge in [-0.2, -0.15) is 5.26 Å². The van der Waals surface area contributed by atoms with Crippen LogP contribution < -0.4 is 16.0 Å². The summed E-state index contributed by atoms with van der Waals surface area (Å²) in [5.41, 5.74) is 2.13. The Morgan fingerprint density at radius 3 is 2.61 bits per heavy atom. The van der Waals surface area contributed by atoms with Gasteiger partial charge in [0.1, 0.15) is 11.6 Å². The number of benzene rings is 2. The largest absolute Gasteiger partial charge is 0.355 e. The van der Waals surface area contributed by atoms with E-state index in [1.165, 1.54) is 17.4 Å². The second-order valence-electron chi connectivity index (χ2n) is 6.60. The summed E-state index contributed by atoms with van der Waals surface area (Å²) in [6, 6.07) is 13.8. The van der Waals surface area contributed by atoms with Gasteiger partial charge in [0.25, 0.3) is 0 Å². The van der Waals surface area contributed by atoms with Crippen molar-refractivity contribution in [2.75, 3.05) is 24.7 Å². The summed E-state index contributed by atoms with van der Waals surface area (Å²) in [5.74, 6) is -0.781. The number of nitrogens with zero attached hydrogens (tertiary/aromatic N) is 2. The number of amides is 2. The molecule has 0 fully saturated rings. The van der Waals surface area contributed by atoms with Gasteiger partial charge in [-0.05, 0) is 36.4 Å². The molecule has 3 rings (SSSR count). The molecule has 0 unspecified atom stereocenters. The van der Waals surface area contributed by atoms with E-state index in [2.05, 4.69) is 20.9 Å². The molecule has 0 spiro atoms. The molecule has 9 nitrogen and oxygen atoms in total. The first-order chi connectivity index (χ1) is 14.7. The van der Waals surface area contributed by atoms with Crippen molar-refractivity contribution in [3.63, 3.8) is 0 Å². The van der Waals surface area contributed by atoms with Gasteiger partial charge in [0, 0.05) is 17.6 Å². The van der Waals surface area contributed by atoms with E-state index < -0.39 is 15.7 Å². The molecular weight excluding hydrogens is 438 g/mol. The second kappa shape index (κ2) is 9.55. The van der Waals surface area contributed by atoms with Crippen LogP contribution in [0.15, 0.2) is 47.4 Å². The fraction of sp³-hybridized carbons (Fsp3) is 0.200. The molecule has 0 saturated carbocycles. The fourth-order valence-electron chi connectivity index (χ4n) is 2.68. The number of carbonyl (C=O) groups is 2. The Bertz CT molecular complexity index is 1280. The molecule has 2 amide bonds. The average Bonchev–Trinajstić information content (AvgIpc) is 3.11. The molecule has 0 aliphatic heterocycles. The maximum Gasteiger partial charge on any atom is 0.240 e. The topological polar surface area (TPSA) is 141 Å². The predicted octanol–water partition coefficient (Wildman–Crippen LogP) is 1.74. The summed E-state index contributed by atoms with van der Waals surface area (Å²) in [6.07, 6.45) is 1.19. The molecule has 31 heavy (non-hydrogen) atoms. The maximum atomic E-state index is 12.0. The lowest BCUT2D eigenvalue weighted by Crippen LogP contribution is -2.37. The minimum Gasteiger partial charge on any atom is -0.355 e. The van der Waals surface area contributed by atoms with Crippen molar-refractivity contribution in [1.82, 2.24) is 15.6 Å². The summed E-state index contributed by atoms with van der Waals surface area (Å²) in [5, 5.41) is 17.0. The normalized spacial score (nSPS) is 11.0. The zero-order valence-corrected chi connectivity index (χ0v) is 18.1. The van der Waals surface area contributed by atoms with E-state index in [4.69, 9.17) is 5.26 Å². The highest BCUT2D eigenvalue weighted by molar-refractivity contribution is 7.90. The standard InChI is InChI=1S/C20H19N5O4S2/c1-31(28,29)15-4-2-3-13(9-15)24-14-5-6-16-17(10-14)30-20(25-16)11-18(26)23-12-19(27)22-8-7-21/h2-6,9-10,24H,8,11-12H2,1H3,(H,22,27)(H,23,26). The number of sulfone groups is 1. The summed E-state index contributed by atoms with van der Waals surface area (Å²) < 4.78 is 24.3. The SMILES string of the molecule is CS(=O)(=O)c1cccc(Nc2ccc3nc(CC(=O)NCC(=O)NCC#N)sc3c2)c1. The van der Waals surface area contributed by atoms with Crippen molar-refractivity contribution in [3.8, 4) is 6.07 Å². The molecule has 3 aromatic rings. The van der Waals surface area contributed by atoms with Crippen molar-refractivity contribution in [2.24, 2.45) is 0 Å². The first-order valence-electron chi connectivity index (χ1n) is 9.11. The number of fused-ring (bicyclic) bond motifs is 1. The Kier molecular flexibility index (Phi) is 6.84. The van der Waals surface area contributed by atoms with E-state index in [1.807, 2.05) is 18.2 Å². The molecule has 0 atom stereocenters. The molecule has 2 aromatic carbocycles. The van der Waals surface area contributed by atoms with Gasteiger partial charge < -0.3 is 16.0 Å². The van der Waals surface area contributed by atoms with Gasteiger partial charge in [0.2, 0.25) is 11.8 Å². The van der Waals surface area contributed by atoms with Crippen molar-refractivity contribution in [3.05, 3.63) is 47.5 Å². The monoisotopic (exact) mass is 457 g/mol. The lowest BCUT2D eigenvalue weighted by Gasteiger charge is -2.07. The molecule has 1 heterocycles. The van der Waals surface area contributed by atoms with E-state index in [-0.39, 0.29) is 30.3 Å². The predicted molar refractivity (Wildman–Crippen MR) is 118 cm³/mol. The third kappa shape index (κ3) is 6.24. The Morgan fingerprint density at radius 1 is 1.10 bits per heavy atom. The van der Waals surface area contributed by atoms with Crippen LogP contribution in [0.2, 0.25) is 0 Å². The highest BCUT2D eigenvalue weighted by Crippen LogP contribution is 2.28. The lowest BCUT2D eigenvalue weighted by molar-refractivity contribution is -0.125. The maximum absolute atomic E-state index is 12.0. The van der Waals surface area contributed by atoms with E-state index in [0.29, 0.717) is 10.7 Å². The van der Waals surface area contributed by atoms with E-state index in [9.17, 15) is 18.0 Å². The van der Waals surface area contributed by atoms with Crippen LogP contribution in [0.25, 0.3) is 10.2 Å². The quantitative estimate of drug-likeness (QED) is 0.438. The molecule has 0 radical (unpaired) electrons. The van der Waals surface area contributed by atoms with Crippen LogP contribution in [0.5, 0.6) is 0 Å². The smallest absolute Gasteiger partial charge is 0.240 e. The number of hydrogen-bond acceptors (Lipinski definition) is 8. The molecule has 3 N–H and O–H groups in total. The first kappa shape index (κ1) is 22.2. The van der Waals surface area contributed by atoms with Crippen molar-refractivity contribution < 1.29 is 18.0 Å². The summed E-state index contributed by atoms with van der Waals surface area (Å²) in [7, 11) is -3.30. The molecule has 1 aromatic heterocycles. The number of aromatic nitrogens is 1. The van der Waals surface area contributed by atoms with Gasteiger partial charge in [-0.15, -0.1) is 11.3 Å². The third-order valence-corrected chi connectivity index (χ3v) is 6.23. The van der Waals surface area contributed by atoms with Crippen LogP contribution >= 0.6 is 11.3 Å². The summed E-state index contributed by atoms with van der Waals surface area (Å²) >= 11 is 1.35. The van der Waals surface area contributed by atoms with Crippen LogP contribution in [-0.2, 0) is 25.8 Å². The molecule has 0 saturated heterocycles. The number of rotatable bonds is 8. The minimum atomic E-state index is -3.30. The minimum absolute atomic E-state index is 0.0318. The summed E-state index contributed by atoms with van der Waals surface area (Å²) in [4.78, 5) is 28.1. The lowest BCUT2D eigenvalue weighted by atomic mass is 10.2. The third-order valence-electron chi connectivity index (χ3n) is 4.11. The van der Waals surface area contributed by atoms with E-state index >= 15 is 0 Å². The van der Waals surface area contributed by atoms with Crippen molar-refractivity contribution in [1.29, 1.82) is 5.26 Å². The fourth-order valence-corrected chi connectivity index (χ4v) is 4.35. The number of anilines is 2. The van der Waals surface area contributed by atoms with Crippen LogP contribution in [-0.4, -0.2) is 44.6 Å². The molecule has 11 heteroatoms. The molecule has 0 aliphatic rings. The number of nitriles is 1. The van der Waals surface area contributed by atoms with E-state index in [0.717, 1.165) is 22.2 Å². The number of hydrogen-bond donors (Lipinski definition) is 3. The van der Waals surface area contributed by atoms with Crippen LogP contribution in [0.1, 0.15) is 5.01 Å². The van der Waals surface area contributed by atoms with Crippen LogP contribution in [0.4, 0.5) is 11.4 Å². The Balaban J connectivity index is 1.66. The van der Waals surface area contributed by atoms with Gasteiger partial charge in [0.05, 0.1) is 34.1 Å². The van der Waals surface area contributed by atoms with Crippen molar-refractivity contribution >= 4 is 54.6 Å². The number of carbonyl (C=O) groups excluding carboxylic acids is 2. The van der Waals surface area contributed by atoms with Crippen LogP contribution in [0, 0.1) is 11.3 Å². The molecule has 0 aliphatic carbocycles. The molecule has 160 valence electrons. The number of thiazole rings is 1. The van der Waals surface area contributed by atoms with Gasteiger partial charge in [0.15, 0.2) is 9.84 Å². The van der Waals surface area contributed by atoms with E-state index in [1.54, 1.807) is 24.3 Å². The number of nitrogens with one attached hydrogen (secondary N) is 3. The highest BCUT2D eigenvalue weighted by atomic mass is 32.2. The average molecular weight is 458 g/mol. The second-order valence-corrected chi connectivity index (χ2v) is 9.73. The first-order valence-corrected chi connectivity index (χ1v) is 11.8. The molecular formula is C20H19N5O4S2. The van der Waals surface area contributed by atoms with Gasteiger partial charge >= 0.3 is 0 Å². The molecule has 0 bridgehead atoms. The van der Waals surface area contributed by atoms with Crippen LogP contribution in [0.3, 0.4) is 0 Å². The van der Waals surface area contributed by atoms with Crippen molar-refractivity contribution in [2.45, 2.75) is 11.3 Å². The van der Waals surface area contributed by atoms with Gasteiger partial charge in [-0.25, -0.2) is 13.4 Å². The highest BCUT2D eigenvalue weighted by Gasteiger charge is 2.12. The van der Waals surface area contributed by atoms with Gasteiger partial charge in [-0.1, -0.05) is 6.07 Å². The summed E-state index contributed by atoms with van der Waals surface area (Å²) in [6.45, 7) is -0.312. The zero-order valence-electron chi connectivity index (χ0n) is 16.5. The Hall–Kier alpha value is -3.49. The Morgan fingerprint density at radius 2 is 1.87 bits per heavy atom. The zero-order chi connectivity index (χ0) is 22.4. The van der Waals surface area contributed by atoms with Gasteiger partial charge in [-0.3, -0.25) is 9.59 Å². The Labute approximate surface area is 183 Å².